The molecule has 0 bridgehead atoms. The Kier molecular flexibility index (Phi) is 8.40. The summed E-state index contributed by atoms with van der Waals surface area (Å²) >= 11 is 0. The summed E-state index contributed by atoms with van der Waals surface area (Å²) in [7, 11) is 3.45. The van der Waals surface area contributed by atoms with E-state index < -0.39 is 0 Å². The number of rotatable bonds is 6. The molecular formula is C14H22ClN3O2. The molecule has 6 heteroatoms. The van der Waals surface area contributed by atoms with Crippen LogP contribution in [-0.2, 0) is 16.0 Å². The first-order chi connectivity index (χ1) is 8.99. The van der Waals surface area contributed by atoms with Crippen LogP contribution < -0.4 is 11.1 Å². The fourth-order valence-corrected chi connectivity index (χ4v) is 1.57. The van der Waals surface area contributed by atoms with Crippen LogP contribution in [0, 0.1) is 0 Å². The SMILES string of the molecule is CN(C)C(=O)CCCNC(=O)Cc1ccc(N)cc1.Cl. The van der Waals surface area contributed by atoms with Crippen molar-refractivity contribution < 1.29 is 9.59 Å². The number of hydrogen-bond acceptors (Lipinski definition) is 3. The number of amides is 2. The number of nitrogens with zero attached hydrogens (tertiary/aromatic N) is 1. The van der Waals surface area contributed by atoms with Crippen LogP contribution in [0.15, 0.2) is 24.3 Å². The molecule has 0 radical (unpaired) electrons. The molecule has 3 N–H and O–H groups in total. The van der Waals surface area contributed by atoms with Gasteiger partial charge < -0.3 is 16.0 Å². The Balaban J connectivity index is 0.00000361. The van der Waals surface area contributed by atoms with Crippen LogP contribution in [-0.4, -0.2) is 37.4 Å². The van der Waals surface area contributed by atoms with Crippen LogP contribution in [0.4, 0.5) is 5.69 Å². The van der Waals surface area contributed by atoms with Gasteiger partial charge in [0.05, 0.1) is 6.42 Å². The van der Waals surface area contributed by atoms with E-state index in [2.05, 4.69) is 5.32 Å². The normalized spacial score (nSPS) is 9.50. The summed E-state index contributed by atoms with van der Waals surface area (Å²) in [5.74, 6) is 0.0369. The van der Waals surface area contributed by atoms with E-state index in [4.69, 9.17) is 5.73 Å². The van der Waals surface area contributed by atoms with Crippen molar-refractivity contribution in [3.05, 3.63) is 29.8 Å². The minimum atomic E-state index is -0.0397. The Morgan fingerprint density at radius 1 is 1.20 bits per heavy atom. The highest BCUT2D eigenvalue weighted by Crippen LogP contribution is 2.05. The molecule has 0 aliphatic heterocycles. The van der Waals surface area contributed by atoms with Crippen molar-refractivity contribution in [2.45, 2.75) is 19.3 Å². The lowest BCUT2D eigenvalue weighted by molar-refractivity contribution is -0.129. The van der Waals surface area contributed by atoms with Gasteiger partial charge >= 0.3 is 0 Å². The standard InChI is InChI=1S/C14H21N3O2.ClH/c1-17(2)14(19)4-3-9-16-13(18)10-11-5-7-12(15)8-6-11;/h5-8H,3-4,9-10,15H2,1-2H3,(H,16,18);1H. The lowest BCUT2D eigenvalue weighted by Crippen LogP contribution is -2.28. The van der Waals surface area contributed by atoms with Crippen LogP contribution in [0.25, 0.3) is 0 Å². The average Bonchev–Trinajstić information content (AvgIpc) is 2.37. The number of anilines is 1. The van der Waals surface area contributed by atoms with E-state index in [-0.39, 0.29) is 24.2 Å². The molecule has 5 nitrogen and oxygen atoms in total. The fraction of sp³-hybridized carbons (Fsp3) is 0.429. The van der Waals surface area contributed by atoms with Gasteiger partial charge in [-0.1, -0.05) is 12.1 Å². The third-order valence-electron chi connectivity index (χ3n) is 2.73. The van der Waals surface area contributed by atoms with Crippen LogP contribution in [0.5, 0.6) is 0 Å². The first-order valence-corrected chi connectivity index (χ1v) is 6.30. The van der Waals surface area contributed by atoms with E-state index in [1.165, 1.54) is 0 Å². The number of nitrogens with two attached hydrogens (primary N) is 1. The third-order valence-corrected chi connectivity index (χ3v) is 2.73. The Morgan fingerprint density at radius 3 is 2.35 bits per heavy atom. The van der Waals surface area contributed by atoms with Crippen molar-refractivity contribution in [2.24, 2.45) is 0 Å². The van der Waals surface area contributed by atoms with Gasteiger partial charge in [0.1, 0.15) is 0 Å². The van der Waals surface area contributed by atoms with E-state index in [1.54, 1.807) is 31.1 Å². The Morgan fingerprint density at radius 2 is 1.80 bits per heavy atom. The highest BCUT2D eigenvalue weighted by Gasteiger charge is 2.05. The quantitative estimate of drug-likeness (QED) is 0.612. The van der Waals surface area contributed by atoms with Crippen molar-refractivity contribution >= 4 is 29.9 Å². The molecule has 0 aliphatic rings. The van der Waals surface area contributed by atoms with Gasteiger partial charge in [-0.25, -0.2) is 0 Å². The van der Waals surface area contributed by atoms with Gasteiger partial charge in [-0.15, -0.1) is 12.4 Å². The predicted octanol–water partition coefficient (Wildman–Crippen LogP) is 1.22. The van der Waals surface area contributed by atoms with Crippen molar-refractivity contribution in [3.8, 4) is 0 Å². The summed E-state index contributed by atoms with van der Waals surface area (Å²) < 4.78 is 0. The molecule has 0 aliphatic carbocycles. The maximum Gasteiger partial charge on any atom is 0.224 e. The Hall–Kier alpha value is -1.75. The van der Waals surface area contributed by atoms with Crippen molar-refractivity contribution in [3.63, 3.8) is 0 Å². The number of nitrogen functional groups attached to an aromatic ring is 1. The molecule has 1 aromatic carbocycles. The second-order valence-electron chi connectivity index (χ2n) is 4.66. The summed E-state index contributed by atoms with van der Waals surface area (Å²) in [6.07, 6.45) is 1.45. The molecule has 1 rings (SSSR count). The number of benzene rings is 1. The van der Waals surface area contributed by atoms with E-state index >= 15 is 0 Å². The zero-order chi connectivity index (χ0) is 14.3. The van der Waals surface area contributed by atoms with Gasteiger partial charge in [0.15, 0.2) is 0 Å². The summed E-state index contributed by atoms with van der Waals surface area (Å²) in [4.78, 5) is 24.5. The molecular weight excluding hydrogens is 278 g/mol. The molecule has 0 saturated carbocycles. The molecule has 1 aromatic rings. The van der Waals surface area contributed by atoms with Crippen LogP contribution >= 0.6 is 12.4 Å². The molecule has 0 spiro atoms. The lowest BCUT2D eigenvalue weighted by atomic mass is 10.1. The minimum Gasteiger partial charge on any atom is -0.399 e. The Bertz CT molecular complexity index is 433. The number of nitrogens with one attached hydrogen (secondary N) is 1. The maximum absolute atomic E-state index is 11.6. The monoisotopic (exact) mass is 299 g/mol. The number of halogens is 1. The molecule has 0 saturated heterocycles. The fourth-order valence-electron chi connectivity index (χ4n) is 1.57. The van der Waals surface area contributed by atoms with Crippen LogP contribution in [0.3, 0.4) is 0 Å². The van der Waals surface area contributed by atoms with Gasteiger partial charge in [-0.05, 0) is 24.1 Å². The van der Waals surface area contributed by atoms with Gasteiger partial charge in [-0.3, -0.25) is 9.59 Å². The third kappa shape index (κ3) is 6.99. The zero-order valence-electron chi connectivity index (χ0n) is 11.9. The molecule has 0 atom stereocenters. The van der Waals surface area contributed by atoms with Crippen molar-refractivity contribution in [1.82, 2.24) is 10.2 Å². The highest BCUT2D eigenvalue weighted by atomic mass is 35.5. The molecule has 0 fully saturated rings. The van der Waals surface area contributed by atoms with E-state index in [1.807, 2.05) is 12.1 Å². The number of carbonyl (C=O) groups is 2. The summed E-state index contributed by atoms with van der Waals surface area (Å²) in [6.45, 7) is 0.521. The van der Waals surface area contributed by atoms with Gasteiger partial charge in [0.25, 0.3) is 0 Å². The lowest BCUT2D eigenvalue weighted by Gasteiger charge is -2.10. The summed E-state index contributed by atoms with van der Waals surface area (Å²) in [6, 6.07) is 7.23. The van der Waals surface area contributed by atoms with Crippen molar-refractivity contribution in [2.75, 3.05) is 26.4 Å². The molecule has 2 amide bonds. The number of carbonyl (C=O) groups excluding carboxylic acids is 2. The molecule has 20 heavy (non-hydrogen) atoms. The van der Waals surface area contributed by atoms with Gasteiger partial charge in [-0.2, -0.15) is 0 Å². The average molecular weight is 300 g/mol. The van der Waals surface area contributed by atoms with E-state index in [0.29, 0.717) is 31.5 Å². The minimum absolute atomic E-state index is 0. The predicted molar refractivity (Wildman–Crippen MR) is 82.7 cm³/mol. The highest BCUT2D eigenvalue weighted by molar-refractivity contribution is 5.85. The van der Waals surface area contributed by atoms with Crippen molar-refractivity contribution in [1.29, 1.82) is 0 Å². The summed E-state index contributed by atoms with van der Waals surface area (Å²) in [5, 5.41) is 2.80. The van der Waals surface area contributed by atoms with E-state index in [9.17, 15) is 9.59 Å². The topological polar surface area (TPSA) is 75.4 Å². The first-order valence-electron chi connectivity index (χ1n) is 6.30. The van der Waals surface area contributed by atoms with E-state index in [0.717, 1.165) is 5.56 Å². The van der Waals surface area contributed by atoms with Crippen LogP contribution in [0.2, 0.25) is 0 Å². The molecule has 0 unspecified atom stereocenters. The Labute approximate surface area is 125 Å². The molecule has 0 heterocycles. The summed E-state index contributed by atoms with van der Waals surface area (Å²) in [5.41, 5.74) is 7.19. The van der Waals surface area contributed by atoms with Gasteiger partial charge in [0, 0.05) is 32.7 Å². The second kappa shape index (κ2) is 9.20. The first kappa shape index (κ1) is 18.2. The molecule has 112 valence electrons. The van der Waals surface area contributed by atoms with Gasteiger partial charge in [0.2, 0.25) is 11.8 Å². The zero-order valence-corrected chi connectivity index (χ0v) is 12.7. The smallest absolute Gasteiger partial charge is 0.224 e. The molecule has 0 aromatic heterocycles. The number of hydrogen-bond donors (Lipinski definition) is 2. The largest absolute Gasteiger partial charge is 0.399 e. The second-order valence-corrected chi connectivity index (χ2v) is 4.66. The maximum atomic E-state index is 11.6. The van der Waals surface area contributed by atoms with Crippen LogP contribution in [0.1, 0.15) is 18.4 Å².